The van der Waals surface area contributed by atoms with Gasteiger partial charge in [0.25, 0.3) is 0 Å². The van der Waals surface area contributed by atoms with E-state index in [1.807, 2.05) is 12.1 Å². The Bertz CT molecular complexity index is 1830. The van der Waals surface area contributed by atoms with Crippen LogP contribution >= 0.6 is 34.2 Å². The maximum Gasteiger partial charge on any atom is 0.139 e. The third-order valence-electron chi connectivity index (χ3n) is 6.98. The fourth-order valence-electron chi connectivity index (χ4n) is 5.40. The molecule has 0 aliphatic heterocycles. The van der Waals surface area contributed by atoms with Crippen molar-refractivity contribution in [3.63, 3.8) is 0 Å². The van der Waals surface area contributed by atoms with E-state index in [0.717, 1.165) is 60.7 Å². The van der Waals surface area contributed by atoms with Crippen molar-refractivity contribution in [1.29, 1.82) is 0 Å². The fourth-order valence-corrected chi connectivity index (χ4v) is 6.36. The van der Waals surface area contributed by atoms with Crippen LogP contribution in [0.4, 0.5) is 0 Å². The van der Waals surface area contributed by atoms with Crippen LogP contribution in [0.5, 0.6) is 0 Å². The quantitative estimate of drug-likeness (QED) is 0.203. The minimum Gasteiger partial charge on any atom is -0.338 e. The molecule has 2 heterocycles. The zero-order valence-electron chi connectivity index (χ0n) is 19.3. The Morgan fingerprint density at radius 2 is 1.69 bits per heavy atom. The normalized spacial score (nSPS) is 12.9. The number of fused-ring (bicyclic) bond motifs is 4. The van der Waals surface area contributed by atoms with Crippen LogP contribution in [0.1, 0.15) is 17.7 Å². The predicted molar refractivity (Wildman–Crippen MR) is 159 cm³/mol. The van der Waals surface area contributed by atoms with E-state index < -0.39 is 0 Å². The molecule has 0 atom stereocenters. The van der Waals surface area contributed by atoms with Crippen molar-refractivity contribution in [2.24, 2.45) is 0 Å². The molecule has 0 radical (unpaired) electrons. The lowest BCUT2D eigenvalue weighted by atomic mass is 9.99. The van der Waals surface area contributed by atoms with Crippen molar-refractivity contribution < 1.29 is 0 Å². The summed E-state index contributed by atoms with van der Waals surface area (Å²) in [7, 11) is 0. The van der Waals surface area contributed by atoms with Gasteiger partial charge in [-0.25, -0.2) is 4.98 Å². The number of hydrogen-bond donors (Lipinski definition) is 1. The number of nitrogens with zero attached hydrogens (tertiary/aromatic N) is 2. The highest BCUT2D eigenvalue weighted by atomic mass is 127. The van der Waals surface area contributed by atoms with E-state index in [0.29, 0.717) is 0 Å². The molecule has 1 aliphatic rings. The van der Waals surface area contributed by atoms with E-state index in [4.69, 9.17) is 16.6 Å². The molecule has 4 aromatic carbocycles. The molecule has 1 aliphatic carbocycles. The van der Waals surface area contributed by atoms with Crippen molar-refractivity contribution in [3.8, 4) is 28.2 Å². The average Bonchev–Trinajstić information content (AvgIpc) is 3.48. The average molecular weight is 598 g/mol. The van der Waals surface area contributed by atoms with Gasteiger partial charge in [-0.1, -0.05) is 78.4 Å². The van der Waals surface area contributed by atoms with Gasteiger partial charge in [0.1, 0.15) is 11.3 Å². The molecule has 0 bridgehead atoms. The third-order valence-corrected chi connectivity index (χ3v) is 7.97. The first-order valence-corrected chi connectivity index (χ1v) is 13.5. The maximum absolute atomic E-state index is 6.67. The smallest absolute Gasteiger partial charge is 0.139 e. The number of imidazole rings is 1. The highest BCUT2D eigenvalue weighted by molar-refractivity contribution is 14.1. The topological polar surface area (TPSA) is 33.6 Å². The number of halogens is 2. The van der Waals surface area contributed by atoms with Crippen molar-refractivity contribution in [1.82, 2.24) is 14.5 Å². The minimum atomic E-state index is 0.740. The third kappa shape index (κ3) is 3.43. The van der Waals surface area contributed by atoms with Gasteiger partial charge in [-0.3, -0.25) is 0 Å². The van der Waals surface area contributed by atoms with Crippen LogP contribution in [-0.4, -0.2) is 14.5 Å². The molecular formula is C31H21ClIN3. The van der Waals surface area contributed by atoms with Gasteiger partial charge in [0.05, 0.1) is 16.7 Å². The first-order valence-electron chi connectivity index (χ1n) is 12.0. The second-order valence-electron chi connectivity index (χ2n) is 9.08. The van der Waals surface area contributed by atoms with Gasteiger partial charge in [0.2, 0.25) is 0 Å². The zero-order chi connectivity index (χ0) is 24.2. The van der Waals surface area contributed by atoms with E-state index in [1.54, 1.807) is 0 Å². The number of rotatable bonds is 3. The highest BCUT2D eigenvalue weighted by Gasteiger charge is 2.21. The van der Waals surface area contributed by atoms with E-state index in [2.05, 4.69) is 117 Å². The van der Waals surface area contributed by atoms with Gasteiger partial charge in [0.15, 0.2) is 0 Å². The van der Waals surface area contributed by atoms with Crippen molar-refractivity contribution in [2.75, 3.05) is 0 Å². The maximum atomic E-state index is 6.67. The summed E-state index contributed by atoms with van der Waals surface area (Å²) in [4.78, 5) is 8.79. The second-order valence-corrected chi connectivity index (χ2v) is 10.7. The van der Waals surface area contributed by atoms with E-state index in [1.165, 1.54) is 22.2 Å². The molecule has 0 fully saturated rings. The Balaban J connectivity index is 1.46. The number of benzene rings is 4. The summed E-state index contributed by atoms with van der Waals surface area (Å²) in [6, 6.07) is 29.6. The second kappa shape index (κ2) is 8.64. The molecule has 5 heteroatoms. The lowest BCUT2D eigenvalue weighted by Gasteiger charge is -2.13. The SMILES string of the molecule is Clc1cc(I)ccc1-c1ccccc1-c1nc2c(-n3c4c(c5ccccc53)C=CCC4)cccc2[nH]1. The van der Waals surface area contributed by atoms with Gasteiger partial charge >= 0.3 is 0 Å². The number of aromatic amines is 1. The lowest BCUT2D eigenvalue weighted by molar-refractivity contribution is 0.891. The van der Waals surface area contributed by atoms with Gasteiger partial charge in [0, 0.05) is 36.4 Å². The molecule has 2 aromatic heterocycles. The molecule has 174 valence electrons. The summed E-state index contributed by atoms with van der Waals surface area (Å²) in [6.45, 7) is 0. The van der Waals surface area contributed by atoms with Crippen LogP contribution in [-0.2, 0) is 6.42 Å². The van der Waals surface area contributed by atoms with Crippen LogP contribution in [0.2, 0.25) is 5.02 Å². The van der Waals surface area contributed by atoms with Crippen LogP contribution in [0.25, 0.3) is 56.2 Å². The molecular weight excluding hydrogens is 577 g/mol. The molecule has 6 aromatic rings. The predicted octanol–water partition coefficient (Wildman–Crippen LogP) is 9.06. The van der Waals surface area contributed by atoms with Crippen molar-refractivity contribution in [3.05, 3.63) is 111 Å². The number of aromatic nitrogens is 3. The number of allylic oxidation sites excluding steroid dienone is 1. The molecule has 1 N–H and O–H groups in total. The van der Waals surface area contributed by atoms with E-state index in [9.17, 15) is 0 Å². The summed E-state index contributed by atoms with van der Waals surface area (Å²) in [5, 5.41) is 2.03. The molecule has 0 amide bonds. The van der Waals surface area contributed by atoms with E-state index >= 15 is 0 Å². The van der Waals surface area contributed by atoms with Crippen LogP contribution in [0, 0.1) is 3.57 Å². The molecule has 36 heavy (non-hydrogen) atoms. The molecule has 3 nitrogen and oxygen atoms in total. The van der Waals surface area contributed by atoms with Crippen molar-refractivity contribution in [2.45, 2.75) is 12.8 Å². The molecule has 7 rings (SSSR count). The van der Waals surface area contributed by atoms with Crippen molar-refractivity contribution >= 4 is 62.2 Å². The summed E-state index contributed by atoms with van der Waals surface area (Å²) < 4.78 is 3.52. The minimum absolute atomic E-state index is 0.740. The summed E-state index contributed by atoms with van der Waals surface area (Å²) >= 11 is 8.96. The lowest BCUT2D eigenvalue weighted by Crippen LogP contribution is -2.03. The van der Waals surface area contributed by atoms with Crippen LogP contribution in [0.15, 0.2) is 91.0 Å². The van der Waals surface area contributed by atoms with Crippen LogP contribution < -0.4 is 0 Å². The Hall–Kier alpha value is -3.35. The Kier molecular flexibility index (Phi) is 5.26. The number of nitrogens with one attached hydrogen (secondary N) is 1. The zero-order valence-corrected chi connectivity index (χ0v) is 22.2. The highest BCUT2D eigenvalue weighted by Crippen LogP contribution is 2.39. The first kappa shape index (κ1) is 21.9. The Morgan fingerprint density at radius 1 is 0.861 bits per heavy atom. The molecule has 0 spiro atoms. The van der Waals surface area contributed by atoms with Gasteiger partial charge in [-0.15, -0.1) is 0 Å². The number of hydrogen-bond acceptors (Lipinski definition) is 1. The fraction of sp³-hybridized carbons (Fsp3) is 0.0645. The van der Waals surface area contributed by atoms with Gasteiger partial charge < -0.3 is 9.55 Å². The molecule has 0 saturated carbocycles. The van der Waals surface area contributed by atoms with Gasteiger partial charge in [-0.05, 0) is 71.3 Å². The monoisotopic (exact) mass is 597 g/mol. The first-order chi connectivity index (χ1) is 17.7. The molecule has 0 unspecified atom stereocenters. The molecule has 0 saturated heterocycles. The standard InChI is InChI=1S/C31H21ClIN3/c32-25-18-19(33)16-17-21(25)20-8-1-2-11-24(20)31-34-26-12-7-15-29(30(26)35-31)36-27-13-5-3-9-22(27)23-10-4-6-14-28(23)36/h1-5,7-13,15-18H,6,14H2,(H,34,35). The number of para-hydroxylation sites is 2. The van der Waals surface area contributed by atoms with E-state index in [-0.39, 0.29) is 0 Å². The summed E-state index contributed by atoms with van der Waals surface area (Å²) in [5.74, 6) is 0.841. The summed E-state index contributed by atoms with van der Waals surface area (Å²) in [6.07, 6.45) is 6.62. The Labute approximate surface area is 227 Å². The van der Waals surface area contributed by atoms with Crippen LogP contribution in [0.3, 0.4) is 0 Å². The summed E-state index contributed by atoms with van der Waals surface area (Å²) in [5.41, 5.74) is 10.1. The largest absolute Gasteiger partial charge is 0.338 e. The Morgan fingerprint density at radius 3 is 2.58 bits per heavy atom. The van der Waals surface area contributed by atoms with Gasteiger partial charge in [-0.2, -0.15) is 0 Å². The number of H-pyrrole nitrogens is 1.